The zero-order valence-electron chi connectivity index (χ0n) is 13.4. The first kappa shape index (κ1) is 15.8. The smallest absolute Gasteiger partial charge is 0.352 e. The number of hydrogen-bond acceptors (Lipinski definition) is 3. The van der Waals surface area contributed by atoms with Gasteiger partial charge in [0.25, 0.3) is 0 Å². The molecule has 25 heavy (non-hydrogen) atoms. The van der Waals surface area contributed by atoms with E-state index in [1.54, 1.807) is 12.1 Å². The van der Waals surface area contributed by atoms with Crippen LogP contribution in [0.1, 0.15) is 29.4 Å². The molecule has 0 bridgehead atoms. The minimum atomic E-state index is -4.37. The Morgan fingerprint density at radius 2 is 2.00 bits per heavy atom. The molecule has 4 rings (SSSR count). The maximum absolute atomic E-state index is 13.0. The van der Waals surface area contributed by atoms with E-state index in [9.17, 15) is 13.2 Å². The second-order valence-corrected chi connectivity index (χ2v) is 6.13. The number of halogens is 3. The van der Waals surface area contributed by atoms with Crippen LogP contribution >= 0.6 is 0 Å². The number of benzene rings is 1. The minimum Gasteiger partial charge on any atom is -0.352 e. The molecule has 0 saturated heterocycles. The first-order valence-electron chi connectivity index (χ1n) is 7.96. The second-order valence-electron chi connectivity index (χ2n) is 6.13. The van der Waals surface area contributed by atoms with Crippen LogP contribution in [0.2, 0.25) is 0 Å². The summed E-state index contributed by atoms with van der Waals surface area (Å²) in [6.07, 6.45) is -1.61. The van der Waals surface area contributed by atoms with E-state index in [1.165, 1.54) is 6.07 Å². The van der Waals surface area contributed by atoms with E-state index in [0.29, 0.717) is 22.6 Å². The van der Waals surface area contributed by atoms with Gasteiger partial charge in [-0.1, -0.05) is 12.1 Å². The Morgan fingerprint density at radius 1 is 1.16 bits per heavy atom. The van der Waals surface area contributed by atoms with Crippen molar-refractivity contribution in [2.45, 2.75) is 25.4 Å². The summed E-state index contributed by atoms with van der Waals surface area (Å²) in [5, 5.41) is 0. The van der Waals surface area contributed by atoms with E-state index in [-0.39, 0.29) is 5.92 Å². The molecule has 128 valence electrons. The Bertz CT molecular complexity index is 972. The van der Waals surface area contributed by atoms with Crippen LogP contribution in [0.3, 0.4) is 0 Å². The van der Waals surface area contributed by atoms with Crippen LogP contribution in [0.15, 0.2) is 35.3 Å². The van der Waals surface area contributed by atoms with Gasteiger partial charge in [-0.05, 0) is 37.1 Å². The maximum Gasteiger partial charge on any atom is 0.416 e. The molecule has 0 fully saturated rings. The molecule has 1 unspecified atom stereocenters. The van der Waals surface area contributed by atoms with Crippen molar-refractivity contribution in [3.8, 4) is 11.3 Å². The van der Waals surface area contributed by atoms with Crippen LogP contribution in [0, 0.1) is 6.92 Å². The summed E-state index contributed by atoms with van der Waals surface area (Å²) in [6.45, 7) is 2.57. The number of fused-ring (bicyclic) bond motifs is 1. The number of aromatic amines is 1. The van der Waals surface area contributed by atoms with Crippen molar-refractivity contribution in [2.24, 2.45) is 4.99 Å². The largest absolute Gasteiger partial charge is 0.416 e. The molecule has 1 aliphatic heterocycles. The first-order chi connectivity index (χ1) is 11.9. The Balaban J connectivity index is 1.84. The molecule has 1 N–H and O–H groups in total. The van der Waals surface area contributed by atoms with Gasteiger partial charge in [0, 0.05) is 24.4 Å². The summed E-state index contributed by atoms with van der Waals surface area (Å²) in [4.78, 5) is 16.4. The standard InChI is InChI=1S/C18H15F3N4/c1-10-23-15-8-14(11-3-2-4-13(7-11)18(19,20)21)25-17(15)16(24-10)12-5-6-22-9-12/h2-4,7-9,12,25H,5-6H2,1H3. The molecule has 7 heteroatoms. The summed E-state index contributed by atoms with van der Waals surface area (Å²) in [5.74, 6) is 0.745. The van der Waals surface area contributed by atoms with Gasteiger partial charge in [0.2, 0.25) is 0 Å². The first-order valence-corrected chi connectivity index (χ1v) is 7.96. The Morgan fingerprint density at radius 3 is 2.72 bits per heavy atom. The molecular weight excluding hydrogens is 329 g/mol. The number of aryl methyl sites for hydroxylation is 1. The normalized spacial score (nSPS) is 17.5. The molecule has 0 radical (unpaired) electrons. The van der Waals surface area contributed by atoms with Gasteiger partial charge in [-0.3, -0.25) is 4.99 Å². The van der Waals surface area contributed by atoms with Crippen molar-refractivity contribution in [3.05, 3.63) is 47.4 Å². The third kappa shape index (κ3) is 2.90. The molecule has 2 aromatic heterocycles. The number of H-pyrrole nitrogens is 1. The van der Waals surface area contributed by atoms with Crippen LogP contribution in [-0.2, 0) is 6.18 Å². The lowest BCUT2D eigenvalue weighted by atomic mass is 10.0. The molecule has 0 saturated carbocycles. The predicted molar refractivity (Wildman–Crippen MR) is 89.8 cm³/mol. The van der Waals surface area contributed by atoms with Gasteiger partial charge < -0.3 is 4.98 Å². The van der Waals surface area contributed by atoms with E-state index in [2.05, 4.69) is 19.9 Å². The van der Waals surface area contributed by atoms with E-state index in [4.69, 9.17) is 0 Å². The van der Waals surface area contributed by atoms with Gasteiger partial charge in [-0.25, -0.2) is 9.97 Å². The number of nitrogens with zero attached hydrogens (tertiary/aromatic N) is 3. The number of aliphatic imine (C=N–C) groups is 1. The van der Waals surface area contributed by atoms with Gasteiger partial charge in [0.15, 0.2) is 0 Å². The molecule has 3 heterocycles. The maximum atomic E-state index is 13.0. The average Bonchev–Trinajstić information content (AvgIpc) is 3.23. The van der Waals surface area contributed by atoms with Crippen molar-refractivity contribution in [1.82, 2.24) is 15.0 Å². The fraction of sp³-hybridized carbons (Fsp3) is 0.278. The highest BCUT2D eigenvalue weighted by atomic mass is 19.4. The lowest BCUT2D eigenvalue weighted by Gasteiger charge is -2.08. The lowest BCUT2D eigenvalue weighted by Crippen LogP contribution is -2.04. The second kappa shape index (κ2) is 5.68. The van der Waals surface area contributed by atoms with Crippen LogP contribution in [-0.4, -0.2) is 27.7 Å². The van der Waals surface area contributed by atoms with Crippen LogP contribution < -0.4 is 0 Å². The number of aromatic nitrogens is 3. The van der Waals surface area contributed by atoms with Crippen molar-refractivity contribution in [2.75, 3.05) is 6.54 Å². The molecule has 1 aliphatic rings. The molecule has 0 amide bonds. The van der Waals surface area contributed by atoms with Crippen LogP contribution in [0.5, 0.6) is 0 Å². The summed E-state index contributed by atoms with van der Waals surface area (Å²) in [5.41, 5.74) is 2.70. The van der Waals surface area contributed by atoms with Crippen LogP contribution in [0.25, 0.3) is 22.3 Å². The highest BCUT2D eigenvalue weighted by molar-refractivity contribution is 5.87. The molecule has 0 spiro atoms. The van der Waals surface area contributed by atoms with Gasteiger partial charge in [0.1, 0.15) is 5.82 Å². The van der Waals surface area contributed by atoms with Gasteiger partial charge >= 0.3 is 6.18 Å². The third-order valence-electron chi connectivity index (χ3n) is 4.32. The summed E-state index contributed by atoms with van der Waals surface area (Å²) in [7, 11) is 0. The summed E-state index contributed by atoms with van der Waals surface area (Å²) < 4.78 is 38.9. The van der Waals surface area contributed by atoms with E-state index in [1.807, 2.05) is 13.1 Å². The molecule has 4 nitrogen and oxygen atoms in total. The number of hydrogen-bond donors (Lipinski definition) is 1. The highest BCUT2D eigenvalue weighted by Gasteiger charge is 2.30. The zero-order chi connectivity index (χ0) is 17.6. The monoisotopic (exact) mass is 344 g/mol. The summed E-state index contributed by atoms with van der Waals surface area (Å²) in [6, 6.07) is 7.04. The van der Waals surface area contributed by atoms with Crippen molar-refractivity contribution in [1.29, 1.82) is 0 Å². The number of alkyl halides is 3. The van der Waals surface area contributed by atoms with E-state index < -0.39 is 11.7 Å². The Hall–Kier alpha value is -2.70. The van der Waals surface area contributed by atoms with Crippen molar-refractivity contribution < 1.29 is 13.2 Å². The molecule has 3 aromatic rings. The topological polar surface area (TPSA) is 53.9 Å². The van der Waals surface area contributed by atoms with E-state index >= 15 is 0 Å². The minimum absolute atomic E-state index is 0.109. The lowest BCUT2D eigenvalue weighted by molar-refractivity contribution is -0.137. The highest BCUT2D eigenvalue weighted by Crippen LogP contribution is 2.34. The predicted octanol–water partition coefficient (Wildman–Crippen LogP) is 4.51. The SMILES string of the molecule is Cc1nc(C2C=NCC2)c2[nH]c(-c3cccc(C(F)(F)F)c3)cc2n1. The summed E-state index contributed by atoms with van der Waals surface area (Å²) >= 11 is 0. The van der Waals surface area contributed by atoms with Crippen molar-refractivity contribution >= 4 is 17.2 Å². The van der Waals surface area contributed by atoms with Gasteiger partial charge in [-0.15, -0.1) is 0 Å². The fourth-order valence-electron chi connectivity index (χ4n) is 3.14. The third-order valence-corrected chi connectivity index (χ3v) is 4.32. The molecule has 1 aromatic carbocycles. The quantitative estimate of drug-likeness (QED) is 0.744. The molecular formula is C18H15F3N4. The molecule has 1 atom stereocenters. The molecule has 0 aliphatic carbocycles. The number of rotatable bonds is 2. The van der Waals surface area contributed by atoms with Gasteiger partial charge in [-0.2, -0.15) is 13.2 Å². The fourth-order valence-corrected chi connectivity index (χ4v) is 3.14. The zero-order valence-corrected chi connectivity index (χ0v) is 13.4. The van der Waals surface area contributed by atoms with Crippen molar-refractivity contribution in [3.63, 3.8) is 0 Å². The average molecular weight is 344 g/mol. The Kier molecular flexibility index (Phi) is 3.59. The number of nitrogens with one attached hydrogen (secondary N) is 1. The van der Waals surface area contributed by atoms with Crippen LogP contribution in [0.4, 0.5) is 13.2 Å². The van der Waals surface area contributed by atoms with Gasteiger partial charge in [0.05, 0.1) is 22.3 Å². The Labute approximate surface area is 141 Å². The van der Waals surface area contributed by atoms with E-state index in [0.717, 1.165) is 36.3 Å².